The average Bonchev–Trinajstić information content (AvgIpc) is 3.34. The van der Waals surface area contributed by atoms with Crippen molar-refractivity contribution in [2.45, 2.75) is 92.2 Å². The maximum Gasteiger partial charge on any atom is 0.305 e. The summed E-state index contributed by atoms with van der Waals surface area (Å²) in [4.78, 5) is 61.9. The Morgan fingerprint density at radius 3 is 1.71 bits per heavy atom. The van der Waals surface area contributed by atoms with Gasteiger partial charge < -0.3 is 29.0 Å². The minimum atomic E-state index is -1.53. The Kier molecular flexibility index (Phi) is 9.86. The Morgan fingerprint density at radius 2 is 1.29 bits per heavy atom. The van der Waals surface area contributed by atoms with Gasteiger partial charge in [-0.2, -0.15) is 10.2 Å². The summed E-state index contributed by atoms with van der Waals surface area (Å²) in [5.74, 6) is -3.65. The smallest absolute Gasteiger partial charge is 0.305 e. The van der Waals surface area contributed by atoms with Crippen molar-refractivity contribution in [1.29, 1.82) is 0 Å². The molecule has 0 unspecified atom stereocenters. The molecule has 3 heterocycles. The molecule has 1 fully saturated rings. The molecule has 2 aromatic rings. The quantitative estimate of drug-likeness (QED) is 0.324. The van der Waals surface area contributed by atoms with E-state index in [1.807, 2.05) is 0 Å². The fourth-order valence-corrected chi connectivity index (χ4v) is 4.67. The van der Waals surface area contributed by atoms with E-state index in [4.69, 9.17) is 23.7 Å². The monoisotopic (exact) mass is 577 g/mol. The molecule has 15 heteroatoms. The highest BCUT2D eigenvalue weighted by Crippen LogP contribution is 2.29. The molecule has 1 saturated heterocycles. The van der Waals surface area contributed by atoms with Gasteiger partial charge in [-0.15, -0.1) is 0 Å². The number of hydrogen-bond acceptors (Lipinski definition) is 12. The Labute approximate surface area is 236 Å². The number of hydrogen-bond donors (Lipinski definition) is 1. The Balaban J connectivity index is 2.10. The van der Waals surface area contributed by atoms with E-state index in [1.54, 1.807) is 39.8 Å². The van der Waals surface area contributed by atoms with Crippen LogP contribution < -0.4 is 5.32 Å². The first-order valence-corrected chi connectivity index (χ1v) is 12.8. The minimum absolute atomic E-state index is 0.427. The molecular formula is C26H35N5O10. The number of carbonyl (C=O) groups is 5. The van der Waals surface area contributed by atoms with Crippen LogP contribution in [0.3, 0.4) is 0 Å². The maximum atomic E-state index is 14.1. The maximum absolute atomic E-state index is 14.1. The number of ether oxygens (including phenoxy) is 5. The number of rotatable bonds is 9. The third-order valence-corrected chi connectivity index (χ3v) is 6.08. The van der Waals surface area contributed by atoms with Crippen LogP contribution in [0.2, 0.25) is 0 Å². The SMILES string of the molecule is CC(=O)OC[C@H]1O[C@@H](OC(C)=O)[C@H](NC(=O)C(n2nc(C)cc2C)n2nc(C)cc2C)[C@@H](OC(C)=O)[C@@H]1OC(C)=O. The molecule has 0 aromatic carbocycles. The lowest BCUT2D eigenvalue weighted by Gasteiger charge is -2.44. The van der Waals surface area contributed by atoms with E-state index < -0.39 is 73.2 Å². The van der Waals surface area contributed by atoms with Crippen LogP contribution in [0.15, 0.2) is 12.1 Å². The van der Waals surface area contributed by atoms with Crippen molar-refractivity contribution in [3.63, 3.8) is 0 Å². The third kappa shape index (κ3) is 7.68. The molecule has 224 valence electrons. The van der Waals surface area contributed by atoms with Gasteiger partial charge in [0.05, 0.1) is 11.4 Å². The highest BCUT2D eigenvalue weighted by atomic mass is 16.7. The van der Waals surface area contributed by atoms with E-state index in [9.17, 15) is 24.0 Å². The molecule has 0 radical (unpaired) electrons. The molecule has 0 spiro atoms. The van der Waals surface area contributed by atoms with E-state index in [-0.39, 0.29) is 0 Å². The van der Waals surface area contributed by atoms with Gasteiger partial charge in [-0.25, -0.2) is 9.36 Å². The summed E-state index contributed by atoms with van der Waals surface area (Å²) >= 11 is 0. The van der Waals surface area contributed by atoms with E-state index >= 15 is 0 Å². The van der Waals surface area contributed by atoms with Crippen LogP contribution >= 0.6 is 0 Å². The van der Waals surface area contributed by atoms with Crippen LogP contribution in [0.1, 0.15) is 56.6 Å². The Morgan fingerprint density at radius 1 is 0.805 bits per heavy atom. The fraction of sp³-hybridized carbons (Fsp3) is 0.577. The highest BCUT2D eigenvalue weighted by molar-refractivity contribution is 5.81. The first-order chi connectivity index (χ1) is 19.2. The third-order valence-electron chi connectivity index (χ3n) is 6.08. The first-order valence-electron chi connectivity index (χ1n) is 12.8. The second kappa shape index (κ2) is 12.9. The van der Waals surface area contributed by atoms with E-state index in [1.165, 1.54) is 9.36 Å². The largest absolute Gasteiger partial charge is 0.463 e. The molecule has 1 N–H and O–H groups in total. The average molecular weight is 578 g/mol. The van der Waals surface area contributed by atoms with Crippen molar-refractivity contribution in [2.75, 3.05) is 6.61 Å². The van der Waals surface area contributed by atoms with Gasteiger partial charge in [0.25, 0.3) is 5.91 Å². The molecule has 1 aliphatic heterocycles. The van der Waals surface area contributed by atoms with Gasteiger partial charge in [-0.05, 0) is 39.8 Å². The number of esters is 4. The summed E-state index contributed by atoms with van der Waals surface area (Å²) in [7, 11) is 0. The summed E-state index contributed by atoms with van der Waals surface area (Å²) in [5, 5.41) is 11.7. The zero-order valence-corrected chi connectivity index (χ0v) is 24.2. The van der Waals surface area contributed by atoms with Crippen molar-refractivity contribution >= 4 is 29.8 Å². The van der Waals surface area contributed by atoms with Gasteiger partial charge in [0, 0.05) is 39.1 Å². The summed E-state index contributed by atoms with van der Waals surface area (Å²) in [6.07, 6.45) is -6.67. The molecular weight excluding hydrogens is 542 g/mol. The van der Waals surface area contributed by atoms with Crippen LogP contribution in [-0.4, -0.2) is 86.6 Å². The van der Waals surface area contributed by atoms with Crippen molar-refractivity contribution in [3.8, 4) is 0 Å². The van der Waals surface area contributed by atoms with Crippen molar-refractivity contribution in [2.24, 2.45) is 0 Å². The van der Waals surface area contributed by atoms with Crippen molar-refractivity contribution < 1.29 is 47.7 Å². The van der Waals surface area contributed by atoms with E-state index in [2.05, 4.69) is 15.5 Å². The second-order valence-corrected chi connectivity index (χ2v) is 9.75. The van der Waals surface area contributed by atoms with Crippen LogP contribution in [0.25, 0.3) is 0 Å². The second-order valence-electron chi connectivity index (χ2n) is 9.75. The number of nitrogens with zero attached hydrogens (tertiary/aromatic N) is 4. The number of aryl methyl sites for hydroxylation is 4. The Bertz CT molecular complexity index is 1270. The van der Waals surface area contributed by atoms with Crippen LogP contribution in [-0.2, 0) is 47.7 Å². The lowest BCUT2D eigenvalue weighted by molar-refractivity contribution is -0.271. The highest BCUT2D eigenvalue weighted by Gasteiger charge is 2.53. The first kappa shape index (κ1) is 31.3. The molecule has 0 saturated carbocycles. The zero-order valence-electron chi connectivity index (χ0n) is 24.2. The Hall–Kier alpha value is -4.27. The molecule has 1 aliphatic rings. The normalized spacial score (nSPS) is 22.1. The van der Waals surface area contributed by atoms with Crippen molar-refractivity contribution in [1.82, 2.24) is 24.9 Å². The molecule has 2 aromatic heterocycles. The summed E-state index contributed by atoms with van der Waals surface area (Å²) in [6.45, 7) is 11.2. The fourth-order valence-electron chi connectivity index (χ4n) is 4.67. The zero-order chi connectivity index (χ0) is 30.6. The van der Waals surface area contributed by atoms with Crippen LogP contribution in [0.5, 0.6) is 0 Å². The molecule has 0 aliphatic carbocycles. The molecule has 0 bridgehead atoms. The van der Waals surface area contributed by atoms with E-state index in [0.29, 0.717) is 22.8 Å². The van der Waals surface area contributed by atoms with Gasteiger partial charge in [0.2, 0.25) is 12.5 Å². The predicted molar refractivity (Wildman–Crippen MR) is 138 cm³/mol. The number of aromatic nitrogens is 4. The van der Waals surface area contributed by atoms with Gasteiger partial charge in [0.15, 0.2) is 12.2 Å². The topological polar surface area (TPSA) is 179 Å². The molecule has 15 nitrogen and oxygen atoms in total. The van der Waals surface area contributed by atoms with E-state index in [0.717, 1.165) is 27.7 Å². The van der Waals surface area contributed by atoms with Gasteiger partial charge in [-0.1, -0.05) is 0 Å². The minimum Gasteiger partial charge on any atom is -0.463 e. The lowest BCUT2D eigenvalue weighted by atomic mass is 9.96. The summed E-state index contributed by atoms with van der Waals surface area (Å²) in [5.41, 5.74) is 2.62. The molecule has 41 heavy (non-hydrogen) atoms. The number of carbonyl (C=O) groups excluding carboxylic acids is 5. The predicted octanol–water partition coefficient (Wildman–Crippen LogP) is 0.559. The molecule has 3 rings (SSSR count). The van der Waals surface area contributed by atoms with Crippen LogP contribution in [0, 0.1) is 27.7 Å². The number of amides is 1. The van der Waals surface area contributed by atoms with Gasteiger partial charge in [-0.3, -0.25) is 24.0 Å². The van der Waals surface area contributed by atoms with Crippen LogP contribution in [0.4, 0.5) is 0 Å². The van der Waals surface area contributed by atoms with Gasteiger partial charge >= 0.3 is 23.9 Å². The lowest BCUT2D eigenvalue weighted by Crippen LogP contribution is -2.67. The standard InChI is InChI=1S/C26H35N5O10/c1-12-9-14(3)30(28-12)25(31-15(4)10-13(2)29-31)24(36)27-21-23(39-18(7)34)22(38-17(6)33)20(11-37-16(5)32)41-26(21)40-19(8)35/h9-10,20-23,25-26H,11H2,1-8H3,(H,27,36)/t20-,21-,22-,23-,26-/m1/s1. The van der Waals surface area contributed by atoms with Gasteiger partial charge in [0.1, 0.15) is 18.8 Å². The molecule has 5 atom stereocenters. The summed E-state index contributed by atoms with van der Waals surface area (Å²) < 4.78 is 30.2. The summed E-state index contributed by atoms with van der Waals surface area (Å²) in [6, 6.07) is 2.20. The molecule has 1 amide bonds. The number of nitrogens with one attached hydrogen (secondary N) is 1. The van der Waals surface area contributed by atoms with Crippen molar-refractivity contribution in [3.05, 3.63) is 34.9 Å².